The molecule has 2 aromatic rings. The van der Waals surface area contributed by atoms with Gasteiger partial charge < -0.3 is 10.0 Å². The lowest BCUT2D eigenvalue weighted by atomic mass is 9.87. The molecule has 1 aliphatic rings. The minimum atomic E-state index is -0.620. The van der Waals surface area contributed by atoms with Crippen LogP contribution >= 0.6 is 0 Å². The van der Waals surface area contributed by atoms with Gasteiger partial charge in [0.2, 0.25) is 5.91 Å². The summed E-state index contributed by atoms with van der Waals surface area (Å²) in [5.41, 5.74) is 1.53. The largest absolute Gasteiger partial charge is 0.388 e. The number of hydrogen-bond acceptors (Lipinski definition) is 4. The fraction of sp³-hybridized carbons (Fsp3) is 0.389. The van der Waals surface area contributed by atoms with Gasteiger partial charge in [-0.05, 0) is 42.0 Å². The zero-order valence-corrected chi connectivity index (χ0v) is 13.3. The third-order valence-corrected chi connectivity index (χ3v) is 4.52. The van der Waals surface area contributed by atoms with Crippen LogP contribution in [0.3, 0.4) is 0 Å². The number of amides is 1. The first-order chi connectivity index (χ1) is 11.6. The van der Waals surface area contributed by atoms with Gasteiger partial charge in [-0.25, -0.2) is 14.4 Å². The summed E-state index contributed by atoms with van der Waals surface area (Å²) in [6, 6.07) is 5.96. The lowest BCUT2D eigenvalue weighted by Gasteiger charge is -2.34. The summed E-state index contributed by atoms with van der Waals surface area (Å²) in [4.78, 5) is 22.0. The molecule has 24 heavy (non-hydrogen) atoms. The number of aliphatic hydroxyl groups excluding tert-OH is 1. The molecule has 1 amide bonds. The summed E-state index contributed by atoms with van der Waals surface area (Å²) < 4.78 is 13.0. The van der Waals surface area contributed by atoms with Crippen molar-refractivity contribution in [3.63, 3.8) is 0 Å². The van der Waals surface area contributed by atoms with Crippen LogP contribution in [0.15, 0.2) is 43.0 Å². The number of carbonyl (C=O) groups excluding carboxylic acids is 1. The first-order valence-electron chi connectivity index (χ1n) is 8.08. The average Bonchev–Trinajstić information content (AvgIpc) is 2.63. The summed E-state index contributed by atoms with van der Waals surface area (Å²) in [6.45, 7) is 1.24. The van der Waals surface area contributed by atoms with E-state index in [4.69, 9.17) is 0 Å². The van der Waals surface area contributed by atoms with Crippen molar-refractivity contribution in [3.05, 3.63) is 59.9 Å². The summed E-state index contributed by atoms with van der Waals surface area (Å²) in [7, 11) is 0. The number of carbonyl (C=O) groups is 1. The number of benzene rings is 1. The topological polar surface area (TPSA) is 66.3 Å². The normalized spacial score (nSPS) is 16.8. The summed E-state index contributed by atoms with van der Waals surface area (Å²) in [6.07, 6.45) is 5.88. The standard InChI is InChI=1S/C18H20FN3O2/c19-16-3-1-14(2-4-16)18(24)15-5-7-22(8-6-15)17(23)9-13-10-20-12-21-11-13/h1-4,10-12,15,18,24H,5-9H2. The van der Waals surface area contributed by atoms with Crippen molar-refractivity contribution < 1.29 is 14.3 Å². The van der Waals surface area contributed by atoms with Crippen LogP contribution in [0.4, 0.5) is 4.39 Å². The molecule has 126 valence electrons. The number of likely N-dealkylation sites (tertiary alicyclic amines) is 1. The van der Waals surface area contributed by atoms with Crippen LogP contribution in [0.5, 0.6) is 0 Å². The smallest absolute Gasteiger partial charge is 0.227 e. The predicted molar refractivity (Wildman–Crippen MR) is 86.4 cm³/mol. The van der Waals surface area contributed by atoms with Gasteiger partial charge in [-0.15, -0.1) is 0 Å². The van der Waals surface area contributed by atoms with Gasteiger partial charge in [-0.1, -0.05) is 12.1 Å². The third kappa shape index (κ3) is 3.94. The summed E-state index contributed by atoms with van der Waals surface area (Å²) >= 11 is 0. The number of halogens is 1. The number of piperidine rings is 1. The molecular formula is C18H20FN3O2. The Hall–Kier alpha value is -2.34. The minimum Gasteiger partial charge on any atom is -0.388 e. The lowest BCUT2D eigenvalue weighted by molar-refractivity contribution is -0.132. The van der Waals surface area contributed by atoms with Gasteiger partial charge >= 0.3 is 0 Å². The first kappa shape index (κ1) is 16.5. The van der Waals surface area contributed by atoms with Gasteiger partial charge in [-0.2, -0.15) is 0 Å². The lowest BCUT2D eigenvalue weighted by Crippen LogP contribution is -2.40. The second-order valence-electron chi connectivity index (χ2n) is 6.14. The quantitative estimate of drug-likeness (QED) is 0.933. The molecule has 1 aromatic carbocycles. The number of hydrogen-bond donors (Lipinski definition) is 1. The van der Waals surface area contributed by atoms with E-state index in [9.17, 15) is 14.3 Å². The first-order valence-corrected chi connectivity index (χ1v) is 8.08. The second kappa shape index (κ2) is 7.49. The van der Waals surface area contributed by atoms with E-state index in [0.29, 0.717) is 19.5 Å². The Morgan fingerprint density at radius 1 is 1.21 bits per heavy atom. The molecule has 5 nitrogen and oxygen atoms in total. The molecule has 6 heteroatoms. The zero-order chi connectivity index (χ0) is 16.9. The van der Waals surface area contributed by atoms with Crippen LogP contribution in [0.2, 0.25) is 0 Å². The molecule has 1 atom stereocenters. The Labute approximate surface area is 140 Å². The molecular weight excluding hydrogens is 309 g/mol. The van der Waals surface area contributed by atoms with Crippen molar-refractivity contribution in [3.8, 4) is 0 Å². The average molecular weight is 329 g/mol. The molecule has 0 radical (unpaired) electrons. The molecule has 0 aliphatic carbocycles. The maximum atomic E-state index is 13.0. The Morgan fingerprint density at radius 3 is 2.46 bits per heavy atom. The van der Waals surface area contributed by atoms with Crippen LogP contribution in [0, 0.1) is 11.7 Å². The number of aliphatic hydroxyl groups is 1. The maximum absolute atomic E-state index is 13.0. The highest BCUT2D eigenvalue weighted by atomic mass is 19.1. The number of nitrogens with zero attached hydrogens (tertiary/aromatic N) is 3. The molecule has 1 fully saturated rings. The maximum Gasteiger partial charge on any atom is 0.227 e. The molecule has 0 bridgehead atoms. The molecule has 1 N–H and O–H groups in total. The Morgan fingerprint density at radius 2 is 1.83 bits per heavy atom. The van der Waals surface area contributed by atoms with Gasteiger partial charge in [0, 0.05) is 25.5 Å². The molecule has 2 heterocycles. The van der Waals surface area contributed by atoms with E-state index in [-0.39, 0.29) is 17.6 Å². The molecule has 1 saturated heterocycles. The van der Waals surface area contributed by atoms with Crippen molar-refractivity contribution in [2.45, 2.75) is 25.4 Å². The van der Waals surface area contributed by atoms with Crippen molar-refractivity contribution >= 4 is 5.91 Å². The Kier molecular flexibility index (Phi) is 5.15. The molecule has 1 aliphatic heterocycles. The van der Waals surface area contributed by atoms with E-state index >= 15 is 0 Å². The van der Waals surface area contributed by atoms with Gasteiger partial charge in [-0.3, -0.25) is 4.79 Å². The van der Waals surface area contributed by atoms with Crippen LogP contribution in [-0.4, -0.2) is 39.0 Å². The van der Waals surface area contributed by atoms with Crippen LogP contribution < -0.4 is 0 Å². The van der Waals surface area contributed by atoms with Gasteiger partial charge in [0.15, 0.2) is 0 Å². The molecule has 1 unspecified atom stereocenters. The van der Waals surface area contributed by atoms with Gasteiger partial charge in [0.1, 0.15) is 12.1 Å². The van der Waals surface area contributed by atoms with Crippen LogP contribution in [0.1, 0.15) is 30.1 Å². The molecule has 3 rings (SSSR count). The van der Waals surface area contributed by atoms with E-state index in [1.54, 1.807) is 24.5 Å². The summed E-state index contributed by atoms with van der Waals surface area (Å²) in [5, 5.41) is 10.5. The molecule has 0 saturated carbocycles. The Balaban J connectivity index is 1.53. The van der Waals surface area contributed by atoms with Crippen molar-refractivity contribution in [2.75, 3.05) is 13.1 Å². The second-order valence-corrected chi connectivity index (χ2v) is 6.14. The van der Waals surface area contributed by atoms with Crippen LogP contribution in [0.25, 0.3) is 0 Å². The van der Waals surface area contributed by atoms with Crippen LogP contribution in [-0.2, 0) is 11.2 Å². The molecule has 0 spiro atoms. The van der Waals surface area contributed by atoms with Gasteiger partial charge in [0.25, 0.3) is 0 Å². The number of aromatic nitrogens is 2. The fourth-order valence-electron chi connectivity index (χ4n) is 3.10. The Bertz CT molecular complexity index is 670. The van der Waals surface area contributed by atoms with Gasteiger partial charge in [0.05, 0.1) is 12.5 Å². The zero-order valence-electron chi connectivity index (χ0n) is 13.3. The summed E-state index contributed by atoms with van der Waals surface area (Å²) in [5.74, 6) is -0.171. The molecule has 1 aromatic heterocycles. The number of rotatable bonds is 4. The predicted octanol–water partition coefficient (Wildman–Crippen LogP) is 2.13. The highest BCUT2D eigenvalue weighted by Gasteiger charge is 2.28. The van der Waals surface area contributed by atoms with E-state index in [2.05, 4.69) is 9.97 Å². The van der Waals surface area contributed by atoms with Crippen molar-refractivity contribution in [1.29, 1.82) is 0 Å². The van der Waals surface area contributed by atoms with E-state index < -0.39 is 6.10 Å². The van der Waals surface area contributed by atoms with Crippen molar-refractivity contribution in [2.24, 2.45) is 5.92 Å². The highest BCUT2D eigenvalue weighted by Crippen LogP contribution is 2.30. The fourth-order valence-corrected chi connectivity index (χ4v) is 3.10. The van der Waals surface area contributed by atoms with E-state index in [0.717, 1.165) is 24.0 Å². The minimum absolute atomic E-state index is 0.0551. The van der Waals surface area contributed by atoms with Crippen molar-refractivity contribution in [1.82, 2.24) is 14.9 Å². The monoisotopic (exact) mass is 329 g/mol. The highest BCUT2D eigenvalue weighted by molar-refractivity contribution is 5.78. The van der Waals surface area contributed by atoms with E-state index in [1.807, 2.05) is 4.90 Å². The SMILES string of the molecule is O=C(Cc1cncnc1)N1CCC(C(O)c2ccc(F)cc2)CC1. The third-order valence-electron chi connectivity index (χ3n) is 4.52. The van der Waals surface area contributed by atoms with E-state index in [1.165, 1.54) is 18.5 Å².